The van der Waals surface area contributed by atoms with E-state index in [4.69, 9.17) is 13.9 Å². The molecule has 4 rings (SSSR count). The van der Waals surface area contributed by atoms with E-state index in [1.807, 2.05) is 18.2 Å². The number of hydrogen-bond acceptors (Lipinski definition) is 6. The van der Waals surface area contributed by atoms with Crippen LogP contribution in [0.25, 0.3) is 11.0 Å². The number of benzene rings is 2. The van der Waals surface area contributed by atoms with Gasteiger partial charge in [0.15, 0.2) is 6.61 Å². The molecule has 3 aromatic rings. The van der Waals surface area contributed by atoms with Gasteiger partial charge in [-0.05, 0) is 54.7 Å². The minimum absolute atomic E-state index is 0.0115. The van der Waals surface area contributed by atoms with Gasteiger partial charge in [-0.3, -0.25) is 0 Å². The summed E-state index contributed by atoms with van der Waals surface area (Å²) < 4.78 is 15.8. The van der Waals surface area contributed by atoms with Crippen LogP contribution in [0.3, 0.4) is 0 Å². The Hall–Kier alpha value is -3.28. The number of carbonyl (C=O) groups is 1. The van der Waals surface area contributed by atoms with Gasteiger partial charge in [0.05, 0.1) is 0 Å². The third-order valence-corrected chi connectivity index (χ3v) is 4.63. The number of rotatable bonds is 5. The Morgan fingerprint density at radius 3 is 2.81 bits per heavy atom. The number of phenols is 1. The van der Waals surface area contributed by atoms with E-state index in [1.54, 1.807) is 6.07 Å². The summed E-state index contributed by atoms with van der Waals surface area (Å²) in [5.74, 6) is 0.104. The van der Waals surface area contributed by atoms with Crippen molar-refractivity contribution in [3.05, 3.63) is 69.6 Å². The molecule has 1 aliphatic carbocycles. The first kappa shape index (κ1) is 17.1. The van der Waals surface area contributed by atoms with Gasteiger partial charge in [-0.25, -0.2) is 9.59 Å². The van der Waals surface area contributed by atoms with Crippen LogP contribution in [-0.2, 0) is 29.0 Å². The van der Waals surface area contributed by atoms with Crippen LogP contribution in [0.2, 0.25) is 0 Å². The predicted molar refractivity (Wildman–Crippen MR) is 97.9 cm³/mol. The van der Waals surface area contributed by atoms with Crippen molar-refractivity contribution >= 4 is 16.9 Å². The summed E-state index contributed by atoms with van der Waals surface area (Å²) in [6.45, 7) is -0.293. The molecule has 0 saturated carbocycles. The Morgan fingerprint density at radius 2 is 1.93 bits per heavy atom. The fraction of sp³-hybridized carbons (Fsp3) is 0.238. The van der Waals surface area contributed by atoms with Crippen LogP contribution in [-0.4, -0.2) is 17.7 Å². The molecule has 0 amide bonds. The first-order chi connectivity index (χ1) is 13.1. The quantitative estimate of drug-likeness (QED) is 0.552. The third-order valence-electron chi connectivity index (χ3n) is 4.63. The molecule has 0 aliphatic heterocycles. The maximum Gasteiger partial charge on any atom is 0.344 e. The third kappa shape index (κ3) is 3.79. The molecule has 2 aromatic carbocycles. The topological polar surface area (TPSA) is 86.0 Å². The van der Waals surface area contributed by atoms with Gasteiger partial charge in [-0.2, -0.15) is 0 Å². The molecule has 0 unspecified atom stereocenters. The number of ether oxygens (including phenoxy) is 2. The van der Waals surface area contributed by atoms with E-state index in [0.29, 0.717) is 16.7 Å². The normalized spacial score (nSPS) is 12.7. The van der Waals surface area contributed by atoms with E-state index in [2.05, 4.69) is 0 Å². The lowest BCUT2D eigenvalue weighted by Crippen LogP contribution is -2.15. The second-order valence-electron chi connectivity index (χ2n) is 6.50. The van der Waals surface area contributed by atoms with E-state index in [1.165, 1.54) is 29.3 Å². The van der Waals surface area contributed by atoms with Gasteiger partial charge >= 0.3 is 11.6 Å². The van der Waals surface area contributed by atoms with Gasteiger partial charge in [0.1, 0.15) is 23.7 Å². The molecule has 6 heteroatoms. The number of fused-ring (bicyclic) bond motifs is 2. The molecule has 0 bridgehead atoms. The first-order valence-corrected chi connectivity index (χ1v) is 8.74. The van der Waals surface area contributed by atoms with Crippen molar-refractivity contribution in [2.24, 2.45) is 0 Å². The Kier molecular flexibility index (Phi) is 4.54. The van der Waals surface area contributed by atoms with Gasteiger partial charge in [0, 0.05) is 23.1 Å². The van der Waals surface area contributed by atoms with Crippen LogP contribution in [0, 0.1) is 0 Å². The van der Waals surface area contributed by atoms with Crippen LogP contribution < -0.4 is 10.4 Å². The van der Waals surface area contributed by atoms with Gasteiger partial charge in [0.2, 0.25) is 0 Å². The van der Waals surface area contributed by atoms with E-state index in [0.717, 1.165) is 19.3 Å². The number of hydrogen-bond donors (Lipinski definition) is 1. The zero-order chi connectivity index (χ0) is 18.8. The predicted octanol–water partition coefficient (Wildman–Crippen LogP) is 3.11. The minimum atomic E-state index is -0.575. The van der Waals surface area contributed by atoms with Crippen LogP contribution in [0.4, 0.5) is 0 Å². The maximum absolute atomic E-state index is 12.0. The number of aromatic hydroxyl groups is 1. The monoisotopic (exact) mass is 366 g/mol. The van der Waals surface area contributed by atoms with E-state index < -0.39 is 11.6 Å². The van der Waals surface area contributed by atoms with Crippen LogP contribution in [0.15, 0.2) is 51.7 Å². The lowest BCUT2D eigenvalue weighted by Gasteiger charge is -2.09. The number of esters is 1. The maximum atomic E-state index is 12.0. The Bertz CT molecular complexity index is 1070. The van der Waals surface area contributed by atoms with Gasteiger partial charge < -0.3 is 19.0 Å². The molecule has 6 nitrogen and oxygen atoms in total. The summed E-state index contributed by atoms with van der Waals surface area (Å²) in [6.07, 6.45) is 3.28. The highest BCUT2D eigenvalue weighted by Gasteiger charge is 2.13. The molecule has 1 N–H and O–H groups in total. The zero-order valence-electron chi connectivity index (χ0n) is 14.6. The lowest BCUT2D eigenvalue weighted by molar-refractivity contribution is -0.147. The summed E-state index contributed by atoms with van der Waals surface area (Å²) >= 11 is 0. The SMILES string of the molecule is O=C(COc1ccc2c(c1)CCC2)OCc1cc(=O)oc2cc(O)ccc12. The van der Waals surface area contributed by atoms with Crippen LogP contribution in [0.1, 0.15) is 23.1 Å². The van der Waals surface area contributed by atoms with Crippen molar-refractivity contribution in [1.82, 2.24) is 0 Å². The largest absolute Gasteiger partial charge is 0.508 e. The number of phenolic OH excluding ortho intramolecular Hbond substituents is 1. The second-order valence-corrected chi connectivity index (χ2v) is 6.50. The molecule has 0 radical (unpaired) electrons. The van der Waals surface area contributed by atoms with Crippen molar-refractivity contribution in [3.63, 3.8) is 0 Å². The van der Waals surface area contributed by atoms with Crippen LogP contribution in [0.5, 0.6) is 11.5 Å². The highest BCUT2D eigenvalue weighted by molar-refractivity contribution is 5.81. The average Bonchev–Trinajstić information content (AvgIpc) is 3.11. The fourth-order valence-corrected chi connectivity index (χ4v) is 3.32. The molecule has 1 heterocycles. The molecule has 27 heavy (non-hydrogen) atoms. The Morgan fingerprint density at radius 1 is 1.07 bits per heavy atom. The molecule has 0 spiro atoms. The van der Waals surface area contributed by atoms with Crippen molar-refractivity contribution in [1.29, 1.82) is 0 Å². The lowest BCUT2D eigenvalue weighted by atomic mass is 10.1. The smallest absolute Gasteiger partial charge is 0.344 e. The van der Waals surface area contributed by atoms with Gasteiger partial charge in [-0.15, -0.1) is 0 Å². The van der Waals surface area contributed by atoms with Gasteiger partial charge in [0.25, 0.3) is 0 Å². The van der Waals surface area contributed by atoms with Crippen molar-refractivity contribution < 1.29 is 23.8 Å². The summed E-state index contributed by atoms with van der Waals surface area (Å²) in [5, 5.41) is 10.1. The zero-order valence-corrected chi connectivity index (χ0v) is 14.6. The number of aryl methyl sites for hydroxylation is 2. The molecule has 0 atom stereocenters. The summed E-state index contributed by atoms with van der Waals surface area (Å²) in [5.41, 5.74) is 2.78. The van der Waals surface area contributed by atoms with Crippen LogP contribution >= 0.6 is 0 Å². The first-order valence-electron chi connectivity index (χ1n) is 8.74. The highest BCUT2D eigenvalue weighted by Crippen LogP contribution is 2.26. The van der Waals surface area contributed by atoms with Crippen molar-refractivity contribution in [3.8, 4) is 11.5 Å². The fourth-order valence-electron chi connectivity index (χ4n) is 3.32. The molecular weight excluding hydrogens is 348 g/mol. The Labute approximate surface area is 155 Å². The molecule has 0 saturated heterocycles. The molecule has 1 aliphatic rings. The molecular formula is C21H18O6. The average molecular weight is 366 g/mol. The van der Waals surface area contributed by atoms with Crippen molar-refractivity contribution in [2.45, 2.75) is 25.9 Å². The standard InChI is InChI=1S/C21H18O6/c22-16-5-7-18-15(9-20(23)27-19(18)10-16)11-26-21(24)12-25-17-6-4-13-2-1-3-14(13)8-17/h4-10,22H,1-3,11-12H2. The molecule has 1 aromatic heterocycles. The van der Waals surface area contributed by atoms with E-state index in [-0.39, 0.29) is 24.5 Å². The number of carbonyl (C=O) groups excluding carboxylic acids is 1. The van der Waals surface area contributed by atoms with E-state index in [9.17, 15) is 14.7 Å². The van der Waals surface area contributed by atoms with Gasteiger partial charge in [-0.1, -0.05) is 6.07 Å². The van der Waals surface area contributed by atoms with Crippen molar-refractivity contribution in [2.75, 3.05) is 6.61 Å². The minimum Gasteiger partial charge on any atom is -0.508 e. The summed E-state index contributed by atoms with van der Waals surface area (Å²) in [6, 6.07) is 11.6. The highest BCUT2D eigenvalue weighted by atomic mass is 16.6. The molecule has 138 valence electrons. The van der Waals surface area contributed by atoms with E-state index >= 15 is 0 Å². The summed E-state index contributed by atoms with van der Waals surface area (Å²) in [7, 11) is 0. The second kappa shape index (κ2) is 7.15. The Balaban J connectivity index is 1.39. The summed E-state index contributed by atoms with van der Waals surface area (Å²) in [4.78, 5) is 23.7. The molecule has 0 fully saturated rings.